The van der Waals surface area contributed by atoms with Crippen LogP contribution in [-0.4, -0.2) is 28.0 Å². The molecule has 1 rings (SSSR count). The molecule has 0 saturated carbocycles. The molecule has 1 aromatic rings. The Kier molecular flexibility index (Phi) is 12.2. The van der Waals surface area contributed by atoms with Crippen LogP contribution in [0.2, 0.25) is 0 Å². The van der Waals surface area contributed by atoms with Gasteiger partial charge in [-0.25, -0.2) is 0 Å². The SMILES string of the molecule is CCCCCCCCCCCCCC(=O)c1cc(O)ccc1CC(N)C(=O)O. The van der Waals surface area contributed by atoms with Crippen LogP contribution in [0.1, 0.15) is 99.9 Å². The van der Waals surface area contributed by atoms with Crippen molar-refractivity contribution in [2.24, 2.45) is 5.73 Å². The second kappa shape index (κ2) is 14.2. The number of unbranched alkanes of at least 4 members (excludes halogenated alkanes) is 10. The molecule has 0 saturated heterocycles. The van der Waals surface area contributed by atoms with Gasteiger partial charge in [-0.3, -0.25) is 9.59 Å². The highest BCUT2D eigenvalue weighted by molar-refractivity contribution is 5.98. The number of phenolic OH excluding ortho intramolecular Hbond substituents is 1. The van der Waals surface area contributed by atoms with Gasteiger partial charge in [-0.1, -0.05) is 77.2 Å². The van der Waals surface area contributed by atoms with Crippen LogP contribution >= 0.6 is 0 Å². The molecule has 0 bridgehead atoms. The third-order valence-electron chi connectivity index (χ3n) is 5.16. The molecule has 0 aliphatic heterocycles. The Morgan fingerprint density at radius 3 is 2.00 bits per heavy atom. The first-order valence-electron chi connectivity index (χ1n) is 10.8. The smallest absolute Gasteiger partial charge is 0.320 e. The number of nitrogens with two attached hydrogens (primary N) is 1. The van der Waals surface area contributed by atoms with E-state index in [9.17, 15) is 14.7 Å². The Balaban J connectivity index is 2.30. The van der Waals surface area contributed by atoms with Crippen LogP contribution in [0.15, 0.2) is 18.2 Å². The van der Waals surface area contributed by atoms with Gasteiger partial charge >= 0.3 is 5.97 Å². The average molecular weight is 392 g/mol. The van der Waals surface area contributed by atoms with Crippen molar-refractivity contribution in [1.82, 2.24) is 0 Å². The predicted octanol–water partition coefficient (Wildman–Crippen LogP) is 5.23. The summed E-state index contributed by atoms with van der Waals surface area (Å²) in [5.41, 5.74) is 6.57. The minimum absolute atomic E-state index is 0.00920. The molecular weight excluding hydrogens is 354 g/mol. The van der Waals surface area contributed by atoms with Gasteiger partial charge in [-0.2, -0.15) is 0 Å². The molecule has 0 heterocycles. The molecule has 158 valence electrons. The van der Waals surface area contributed by atoms with Crippen molar-refractivity contribution in [2.45, 2.75) is 96.4 Å². The Morgan fingerprint density at radius 2 is 1.46 bits per heavy atom. The Labute approximate surface area is 169 Å². The average Bonchev–Trinajstić information content (AvgIpc) is 2.67. The number of carboxylic acid groups (broad SMARTS) is 1. The molecule has 1 unspecified atom stereocenters. The van der Waals surface area contributed by atoms with Gasteiger partial charge in [0.2, 0.25) is 0 Å². The lowest BCUT2D eigenvalue weighted by Crippen LogP contribution is -2.32. The number of phenols is 1. The van der Waals surface area contributed by atoms with Crippen LogP contribution < -0.4 is 5.73 Å². The second-order valence-electron chi connectivity index (χ2n) is 7.70. The molecule has 0 aromatic heterocycles. The van der Waals surface area contributed by atoms with Gasteiger partial charge in [-0.15, -0.1) is 0 Å². The molecule has 1 atom stereocenters. The Hall–Kier alpha value is -1.88. The molecule has 4 N–H and O–H groups in total. The third kappa shape index (κ3) is 9.88. The predicted molar refractivity (Wildman–Crippen MR) is 113 cm³/mol. The van der Waals surface area contributed by atoms with Gasteiger partial charge in [0.1, 0.15) is 11.8 Å². The first-order chi connectivity index (χ1) is 13.5. The van der Waals surface area contributed by atoms with E-state index < -0.39 is 12.0 Å². The van der Waals surface area contributed by atoms with E-state index in [1.807, 2.05) is 0 Å². The van der Waals surface area contributed by atoms with E-state index >= 15 is 0 Å². The molecular formula is C23H37NO4. The van der Waals surface area contributed by atoms with Gasteiger partial charge in [0.15, 0.2) is 5.78 Å². The maximum Gasteiger partial charge on any atom is 0.320 e. The molecule has 5 heteroatoms. The largest absolute Gasteiger partial charge is 0.508 e. The van der Waals surface area contributed by atoms with Crippen LogP contribution in [0.3, 0.4) is 0 Å². The summed E-state index contributed by atoms with van der Waals surface area (Å²) in [7, 11) is 0. The topological polar surface area (TPSA) is 101 Å². The molecule has 28 heavy (non-hydrogen) atoms. The first-order valence-corrected chi connectivity index (χ1v) is 10.8. The Bertz CT molecular complexity index is 600. The van der Waals surface area contributed by atoms with Crippen molar-refractivity contribution in [3.63, 3.8) is 0 Å². The van der Waals surface area contributed by atoms with E-state index in [2.05, 4.69) is 6.92 Å². The summed E-state index contributed by atoms with van der Waals surface area (Å²) in [5, 5.41) is 18.7. The fraction of sp³-hybridized carbons (Fsp3) is 0.652. The number of rotatable bonds is 16. The summed E-state index contributed by atoms with van der Waals surface area (Å²) in [5.74, 6) is -1.15. The maximum atomic E-state index is 12.5. The number of ketones is 1. The maximum absolute atomic E-state index is 12.5. The van der Waals surface area contributed by atoms with Crippen LogP contribution in [-0.2, 0) is 11.2 Å². The van der Waals surface area contributed by atoms with Crippen molar-refractivity contribution in [1.29, 1.82) is 0 Å². The number of hydrogen-bond acceptors (Lipinski definition) is 4. The van der Waals surface area contributed by atoms with Crippen LogP contribution in [0.25, 0.3) is 0 Å². The second-order valence-corrected chi connectivity index (χ2v) is 7.70. The van der Waals surface area contributed by atoms with Gasteiger partial charge in [0.25, 0.3) is 0 Å². The minimum Gasteiger partial charge on any atom is -0.508 e. The van der Waals surface area contributed by atoms with E-state index in [4.69, 9.17) is 10.8 Å². The normalized spacial score (nSPS) is 12.1. The molecule has 0 fully saturated rings. The molecule has 0 aliphatic carbocycles. The quantitative estimate of drug-likeness (QED) is 0.264. The molecule has 5 nitrogen and oxygen atoms in total. The van der Waals surface area contributed by atoms with Crippen molar-refractivity contribution in [2.75, 3.05) is 0 Å². The number of Topliss-reactive ketones (excluding diaryl/α,β-unsaturated/α-hetero) is 1. The molecule has 0 aliphatic rings. The summed E-state index contributed by atoms with van der Waals surface area (Å²) in [6, 6.07) is 3.41. The van der Waals surface area contributed by atoms with Crippen molar-refractivity contribution in [3.05, 3.63) is 29.3 Å². The van der Waals surface area contributed by atoms with Gasteiger partial charge in [-0.05, 0) is 30.5 Å². The van der Waals surface area contributed by atoms with E-state index in [1.54, 1.807) is 6.07 Å². The summed E-state index contributed by atoms with van der Waals surface area (Å²) in [6.45, 7) is 2.23. The number of aromatic hydroxyl groups is 1. The van der Waals surface area contributed by atoms with Gasteiger partial charge in [0.05, 0.1) is 0 Å². The van der Waals surface area contributed by atoms with E-state index in [0.29, 0.717) is 17.5 Å². The number of carbonyl (C=O) groups excluding carboxylic acids is 1. The number of carboxylic acids is 1. The van der Waals surface area contributed by atoms with E-state index in [1.165, 1.54) is 63.5 Å². The number of aliphatic carboxylic acids is 1. The van der Waals surface area contributed by atoms with Crippen LogP contribution in [0, 0.1) is 0 Å². The van der Waals surface area contributed by atoms with Crippen molar-refractivity contribution in [3.8, 4) is 5.75 Å². The van der Waals surface area contributed by atoms with E-state index in [-0.39, 0.29) is 18.0 Å². The number of benzene rings is 1. The minimum atomic E-state index is -1.10. The lowest BCUT2D eigenvalue weighted by Gasteiger charge is -2.12. The summed E-state index contributed by atoms with van der Waals surface area (Å²) in [6.07, 6.45) is 13.9. The fourth-order valence-electron chi connectivity index (χ4n) is 3.41. The lowest BCUT2D eigenvalue weighted by atomic mass is 9.95. The number of carbonyl (C=O) groups is 2. The zero-order valence-electron chi connectivity index (χ0n) is 17.3. The van der Waals surface area contributed by atoms with E-state index in [0.717, 1.165) is 19.3 Å². The number of hydrogen-bond donors (Lipinski definition) is 3. The highest BCUT2D eigenvalue weighted by Gasteiger charge is 2.18. The standard InChI is InChI=1S/C23H37NO4/c1-2-3-4-5-6-7-8-9-10-11-12-13-22(26)20-17-19(25)15-14-18(20)16-21(24)23(27)28/h14-15,17,21,25H,2-13,16,24H2,1H3,(H,27,28). The zero-order valence-corrected chi connectivity index (χ0v) is 17.3. The zero-order chi connectivity index (χ0) is 20.8. The molecule has 0 spiro atoms. The summed E-state index contributed by atoms with van der Waals surface area (Å²) >= 11 is 0. The molecule has 0 amide bonds. The first kappa shape index (κ1) is 24.2. The summed E-state index contributed by atoms with van der Waals surface area (Å²) in [4.78, 5) is 23.5. The van der Waals surface area contributed by atoms with Gasteiger partial charge < -0.3 is 15.9 Å². The highest BCUT2D eigenvalue weighted by Crippen LogP contribution is 2.21. The monoisotopic (exact) mass is 391 g/mol. The highest BCUT2D eigenvalue weighted by atomic mass is 16.4. The van der Waals surface area contributed by atoms with Gasteiger partial charge in [0, 0.05) is 12.0 Å². The Morgan fingerprint density at radius 1 is 0.929 bits per heavy atom. The van der Waals surface area contributed by atoms with Crippen LogP contribution in [0.4, 0.5) is 0 Å². The summed E-state index contributed by atoms with van der Waals surface area (Å²) < 4.78 is 0. The molecule has 1 aromatic carbocycles. The third-order valence-corrected chi connectivity index (χ3v) is 5.16. The van der Waals surface area contributed by atoms with Crippen molar-refractivity contribution < 1.29 is 19.8 Å². The van der Waals surface area contributed by atoms with Crippen molar-refractivity contribution >= 4 is 11.8 Å². The lowest BCUT2D eigenvalue weighted by molar-refractivity contribution is -0.138. The fourth-order valence-corrected chi connectivity index (χ4v) is 3.41. The van der Waals surface area contributed by atoms with Crippen LogP contribution in [0.5, 0.6) is 5.75 Å². The molecule has 0 radical (unpaired) electrons.